The molecule has 2 N–H and O–H groups in total. The average Bonchev–Trinajstić information content (AvgIpc) is 2.44. The number of amides is 2. The number of halogens is 2. The molecule has 0 fully saturated rings. The zero-order valence-electron chi connectivity index (χ0n) is 10.5. The van der Waals surface area contributed by atoms with Crippen LogP contribution in [0.3, 0.4) is 0 Å². The van der Waals surface area contributed by atoms with E-state index in [4.69, 9.17) is 11.6 Å². The predicted molar refractivity (Wildman–Crippen MR) is 84.9 cm³/mol. The monoisotopic (exact) mass is 369 g/mol. The molecule has 0 aliphatic carbocycles. The van der Waals surface area contributed by atoms with Crippen molar-refractivity contribution in [2.75, 3.05) is 10.6 Å². The SMILES string of the molecule is O=C(Nc1cccc([N+](=O)[O-])c1)Nc1cccc(Cl)c1Br. The van der Waals surface area contributed by atoms with Crippen LogP contribution in [0.25, 0.3) is 0 Å². The second-order valence-corrected chi connectivity index (χ2v) is 5.19. The number of nitrogens with one attached hydrogen (secondary N) is 2. The lowest BCUT2D eigenvalue weighted by atomic mass is 10.3. The minimum absolute atomic E-state index is 0.100. The van der Waals surface area contributed by atoms with E-state index in [9.17, 15) is 14.9 Å². The van der Waals surface area contributed by atoms with E-state index in [1.54, 1.807) is 24.3 Å². The predicted octanol–water partition coefficient (Wildman–Crippen LogP) is 4.65. The Morgan fingerprint density at radius 2 is 1.90 bits per heavy atom. The summed E-state index contributed by atoms with van der Waals surface area (Å²) in [6, 6.07) is 10.2. The number of carbonyl (C=O) groups excluding carboxylic acids is 1. The van der Waals surface area contributed by atoms with Crippen molar-refractivity contribution in [3.63, 3.8) is 0 Å². The second kappa shape index (κ2) is 6.55. The van der Waals surface area contributed by atoms with Gasteiger partial charge in [-0.25, -0.2) is 4.79 Å². The van der Waals surface area contributed by atoms with E-state index in [0.717, 1.165) is 0 Å². The number of nitro benzene ring substituents is 1. The van der Waals surface area contributed by atoms with E-state index >= 15 is 0 Å². The Kier molecular flexibility index (Phi) is 4.77. The fourth-order valence-electron chi connectivity index (χ4n) is 1.58. The van der Waals surface area contributed by atoms with Crippen molar-refractivity contribution in [3.8, 4) is 0 Å². The van der Waals surface area contributed by atoms with Crippen LogP contribution in [0, 0.1) is 10.1 Å². The van der Waals surface area contributed by atoms with Crippen LogP contribution in [0.1, 0.15) is 0 Å². The van der Waals surface area contributed by atoms with Gasteiger partial charge in [-0.3, -0.25) is 10.1 Å². The van der Waals surface area contributed by atoms with Gasteiger partial charge in [0, 0.05) is 17.8 Å². The van der Waals surface area contributed by atoms with Crippen LogP contribution >= 0.6 is 27.5 Å². The van der Waals surface area contributed by atoms with Crippen LogP contribution < -0.4 is 10.6 Å². The number of hydrogen-bond acceptors (Lipinski definition) is 3. The van der Waals surface area contributed by atoms with Gasteiger partial charge in [0.05, 0.1) is 20.1 Å². The van der Waals surface area contributed by atoms with Crippen LogP contribution in [0.2, 0.25) is 5.02 Å². The van der Waals surface area contributed by atoms with Crippen molar-refractivity contribution in [2.45, 2.75) is 0 Å². The first-order valence-corrected chi connectivity index (χ1v) is 6.91. The Morgan fingerprint density at radius 3 is 2.62 bits per heavy atom. The van der Waals surface area contributed by atoms with Gasteiger partial charge in [0.25, 0.3) is 5.69 Å². The summed E-state index contributed by atoms with van der Waals surface area (Å²) in [7, 11) is 0. The molecule has 0 atom stereocenters. The molecule has 0 saturated heterocycles. The third-order valence-electron chi connectivity index (χ3n) is 2.51. The molecular weight excluding hydrogens is 362 g/mol. The molecule has 0 aromatic heterocycles. The lowest BCUT2D eigenvalue weighted by molar-refractivity contribution is -0.384. The van der Waals surface area contributed by atoms with Crippen molar-refractivity contribution in [2.24, 2.45) is 0 Å². The lowest BCUT2D eigenvalue weighted by Crippen LogP contribution is -2.19. The number of nitro groups is 1. The molecule has 0 spiro atoms. The number of carbonyl (C=O) groups is 1. The van der Waals surface area contributed by atoms with Gasteiger partial charge in [0.2, 0.25) is 0 Å². The molecule has 2 amide bonds. The van der Waals surface area contributed by atoms with Crippen LogP contribution in [0.4, 0.5) is 21.9 Å². The molecule has 108 valence electrons. The molecule has 0 radical (unpaired) electrons. The van der Waals surface area contributed by atoms with Crippen molar-refractivity contribution in [3.05, 3.63) is 62.1 Å². The maximum absolute atomic E-state index is 11.9. The highest BCUT2D eigenvalue weighted by atomic mass is 79.9. The van der Waals surface area contributed by atoms with Gasteiger partial charge in [0.1, 0.15) is 0 Å². The van der Waals surface area contributed by atoms with E-state index in [1.165, 1.54) is 18.2 Å². The third kappa shape index (κ3) is 3.93. The molecule has 0 saturated carbocycles. The maximum Gasteiger partial charge on any atom is 0.323 e. The number of hydrogen-bond donors (Lipinski definition) is 2. The highest BCUT2D eigenvalue weighted by molar-refractivity contribution is 9.10. The Balaban J connectivity index is 2.10. The van der Waals surface area contributed by atoms with Gasteiger partial charge >= 0.3 is 6.03 Å². The molecule has 8 heteroatoms. The minimum Gasteiger partial charge on any atom is -0.307 e. The highest BCUT2D eigenvalue weighted by Gasteiger charge is 2.10. The first-order valence-electron chi connectivity index (χ1n) is 5.74. The largest absolute Gasteiger partial charge is 0.323 e. The molecule has 0 aliphatic rings. The summed E-state index contributed by atoms with van der Waals surface area (Å²) in [5, 5.41) is 16.2. The van der Waals surface area contributed by atoms with Crippen LogP contribution in [0.5, 0.6) is 0 Å². The number of anilines is 2. The fourth-order valence-corrected chi connectivity index (χ4v) is 2.12. The summed E-state index contributed by atoms with van der Waals surface area (Å²) in [6.45, 7) is 0. The van der Waals surface area contributed by atoms with E-state index < -0.39 is 11.0 Å². The third-order valence-corrected chi connectivity index (χ3v) is 3.91. The Hall–Kier alpha value is -2.12. The quantitative estimate of drug-likeness (QED) is 0.609. The maximum atomic E-state index is 11.9. The molecule has 21 heavy (non-hydrogen) atoms. The Morgan fingerprint density at radius 1 is 1.19 bits per heavy atom. The summed E-state index contributed by atoms with van der Waals surface area (Å²) < 4.78 is 0.556. The topological polar surface area (TPSA) is 84.3 Å². The van der Waals surface area contributed by atoms with Crippen molar-refractivity contribution in [1.29, 1.82) is 0 Å². The summed E-state index contributed by atoms with van der Waals surface area (Å²) >= 11 is 9.18. The van der Waals surface area contributed by atoms with Crippen molar-refractivity contribution in [1.82, 2.24) is 0 Å². The smallest absolute Gasteiger partial charge is 0.307 e. The van der Waals surface area contributed by atoms with Crippen LogP contribution in [-0.2, 0) is 0 Å². The highest BCUT2D eigenvalue weighted by Crippen LogP contribution is 2.30. The lowest BCUT2D eigenvalue weighted by Gasteiger charge is -2.09. The first-order chi connectivity index (χ1) is 9.97. The molecule has 2 aromatic rings. The Bertz CT molecular complexity index is 709. The molecule has 0 heterocycles. The summed E-state index contributed by atoms with van der Waals surface area (Å²) in [4.78, 5) is 22.0. The second-order valence-electron chi connectivity index (χ2n) is 3.99. The molecule has 6 nitrogen and oxygen atoms in total. The van der Waals surface area contributed by atoms with Gasteiger partial charge in [-0.05, 0) is 34.1 Å². The standard InChI is InChI=1S/C13H9BrClN3O3/c14-12-10(15)5-2-6-11(12)17-13(19)16-8-3-1-4-9(7-8)18(20)21/h1-7H,(H2,16,17,19). The van der Waals surface area contributed by atoms with Gasteiger partial charge < -0.3 is 10.6 Å². The number of nitrogens with zero attached hydrogens (tertiary/aromatic N) is 1. The van der Waals surface area contributed by atoms with E-state index in [2.05, 4.69) is 26.6 Å². The molecule has 0 bridgehead atoms. The molecule has 0 unspecified atom stereocenters. The Labute approximate surface area is 133 Å². The van der Waals surface area contributed by atoms with Crippen LogP contribution in [0.15, 0.2) is 46.9 Å². The van der Waals surface area contributed by atoms with E-state index in [-0.39, 0.29) is 5.69 Å². The number of urea groups is 1. The first kappa shape index (κ1) is 15.3. The van der Waals surface area contributed by atoms with Gasteiger partial charge in [-0.15, -0.1) is 0 Å². The summed E-state index contributed by atoms with van der Waals surface area (Å²) in [5.74, 6) is 0. The molecule has 2 rings (SSSR count). The van der Waals surface area contributed by atoms with Crippen LogP contribution in [-0.4, -0.2) is 11.0 Å². The number of non-ortho nitro benzene ring substituents is 1. The van der Waals surface area contributed by atoms with E-state index in [0.29, 0.717) is 20.9 Å². The summed E-state index contributed by atoms with van der Waals surface area (Å²) in [5.41, 5.74) is 0.710. The van der Waals surface area contributed by atoms with E-state index in [1.807, 2.05) is 0 Å². The molecular formula is C13H9BrClN3O3. The average molecular weight is 371 g/mol. The van der Waals surface area contributed by atoms with Crippen molar-refractivity contribution < 1.29 is 9.72 Å². The zero-order chi connectivity index (χ0) is 15.4. The van der Waals surface area contributed by atoms with Gasteiger partial charge in [0.15, 0.2) is 0 Å². The zero-order valence-corrected chi connectivity index (χ0v) is 12.8. The normalized spacial score (nSPS) is 10.0. The number of benzene rings is 2. The number of rotatable bonds is 3. The summed E-state index contributed by atoms with van der Waals surface area (Å²) in [6.07, 6.45) is 0. The molecule has 0 aliphatic heterocycles. The minimum atomic E-state index is -0.531. The fraction of sp³-hybridized carbons (Fsp3) is 0. The van der Waals surface area contributed by atoms with Crippen molar-refractivity contribution >= 4 is 50.6 Å². The van der Waals surface area contributed by atoms with Gasteiger partial charge in [-0.1, -0.05) is 23.7 Å². The van der Waals surface area contributed by atoms with Gasteiger partial charge in [-0.2, -0.15) is 0 Å². The molecule has 2 aromatic carbocycles.